The number of ether oxygens (including phenoxy) is 3. The molecule has 192 valence electrons. The number of aliphatic hydroxyl groups is 1. The van der Waals surface area contributed by atoms with E-state index in [2.05, 4.69) is 4.99 Å². The number of aliphatic hydroxyl groups excluding tert-OH is 1. The zero-order valence-corrected chi connectivity index (χ0v) is 21.1. The van der Waals surface area contributed by atoms with Gasteiger partial charge in [0, 0.05) is 26.3 Å². The number of halogens is 1. The van der Waals surface area contributed by atoms with Gasteiger partial charge in [0.1, 0.15) is 23.7 Å². The van der Waals surface area contributed by atoms with Crippen molar-refractivity contribution in [2.24, 2.45) is 4.99 Å². The molecule has 1 aromatic rings. The molecule has 1 amide bonds. The van der Waals surface area contributed by atoms with Crippen molar-refractivity contribution in [2.75, 3.05) is 46.5 Å². The second-order valence-electron chi connectivity index (χ2n) is 8.91. The lowest BCUT2D eigenvalue weighted by atomic mass is 9.87. The molecule has 1 atom stereocenters. The van der Waals surface area contributed by atoms with Gasteiger partial charge >= 0.3 is 6.09 Å². The summed E-state index contributed by atoms with van der Waals surface area (Å²) in [4.78, 5) is 18.7. The molecule has 0 aliphatic carbocycles. The highest BCUT2D eigenvalue weighted by atomic mass is 32.2. The van der Waals surface area contributed by atoms with Gasteiger partial charge in [-0.2, -0.15) is 0 Å². The minimum atomic E-state index is -4.05. The minimum absolute atomic E-state index is 0.0354. The Bertz CT molecular complexity index is 981. The Hall–Kier alpha value is -2.28. The fourth-order valence-electron chi connectivity index (χ4n) is 3.47. The Balaban J connectivity index is 2.66. The minimum Gasteiger partial charge on any atom is -0.443 e. The molecule has 1 aliphatic heterocycles. The van der Waals surface area contributed by atoms with Crippen LogP contribution >= 0.6 is 0 Å². The van der Waals surface area contributed by atoms with Crippen LogP contribution in [-0.2, 0) is 29.8 Å². The van der Waals surface area contributed by atoms with Crippen molar-refractivity contribution in [3.63, 3.8) is 0 Å². The third-order valence-electron chi connectivity index (χ3n) is 5.07. The zero-order valence-electron chi connectivity index (χ0n) is 20.3. The van der Waals surface area contributed by atoms with Gasteiger partial charge in [-0.15, -0.1) is 0 Å². The first-order valence-corrected chi connectivity index (χ1v) is 12.5. The van der Waals surface area contributed by atoms with Crippen LogP contribution in [0.2, 0.25) is 0 Å². The van der Waals surface area contributed by atoms with E-state index in [1.54, 1.807) is 26.8 Å². The molecule has 1 heterocycles. The third-order valence-corrected chi connectivity index (χ3v) is 6.91. The normalized spacial score (nSPS) is 20.1. The largest absolute Gasteiger partial charge is 0.443 e. The van der Waals surface area contributed by atoms with Crippen LogP contribution in [0.25, 0.3) is 0 Å². The summed E-state index contributed by atoms with van der Waals surface area (Å²) in [5.41, 5.74) is -2.39. The maximum Gasteiger partial charge on any atom is 0.419 e. The maximum absolute atomic E-state index is 14.9. The lowest BCUT2D eigenvalue weighted by molar-refractivity contribution is -0.00419. The van der Waals surface area contributed by atoms with E-state index >= 15 is 0 Å². The Kier molecular flexibility index (Phi) is 9.40. The number of nitrogens with zero attached hydrogens (tertiary/aromatic N) is 3. The number of carbonyl (C=O) groups is 1. The smallest absolute Gasteiger partial charge is 0.419 e. The molecule has 0 fully saturated rings. The number of carbonyl (C=O) groups excluding carboxylic acids is 1. The Morgan fingerprint density at radius 2 is 1.97 bits per heavy atom. The van der Waals surface area contributed by atoms with Crippen molar-refractivity contribution < 1.29 is 36.9 Å². The predicted octanol–water partition coefficient (Wildman–Crippen LogP) is 2.28. The number of aliphatic imine (C=N–C) groups is 1. The molecular formula is C22H34FN3O7S. The highest BCUT2D eigenvalue weighted by Gasteiger charge is 2.47. The van der Waals surface area contributed by atoms with E-state index in [1.807, 2.05) is 0 Å². The summed E-state index contributed by atoms with van der Waals surface area (Å²) >= 11 is 0. The van der Waals surface area contributed by atoms with Crippen LogP contribution in [0.15, 0.2) is 29.3 Å². The Morgan fingerprint density at radius 1 is 1.29 bits per heavy atom. The van der Waals surface area contributed by atoms with E-state index in [0.717, 1.165) is 9.21 Å². The van der Waals surface area contributed by atoms with Crippen LogP contribution in [0.3, 0.4) is 0 Å². The first kappa shape index (κ1) is 28.0. The van der Waals surface area contributed by atoms with Gasteiger partial charge in [0.25, 0.3) is 0 Å². The van der Waals surface area contributed by atoms with Gasteiger partial charge < -0.3 is 19.3 Å². The molecular weight excluding hydrogens is 469 g/mol. The van der Waals surface area contributed by atoms with Crippen molar-refractivity contribution >= 4 is 22.1 Å². The van der Waals surface area contributed by atoms with Gasteiger partial charge in [-0.05, 0) is 39.7 Å². The van der Waals surface area contributed by atoms with Crippen LogP contribution in [-0.4, -0.2) is 86.8 Å². The van der Waals surface area contributed by atoms with Crippen molar-refractivity contribution in [3.05, 3.63) is 35.6 Å². The molecule has 1 unspecified atom stereocenters. The lowest BCUT2D eigenvalue weighted by Gasteiger charge is -2.41. The first-order chi connectivity index (χ1) is 15.9. The lowest BCUT2D eigenvalue weighted by Crippen LogP contribution is -2.57. The quantitative estimate of drug-likeness (QED) is 0.406. The average molecular weight is 504 g/mol. The molecule has 1 N–H and O–H groups in total. The molecule has 0 spiro atoms. The van der Waals surface area contributed by atoms with E-state index < -0.39 is 38.8 Å². The van der Waals surface area contributed by atoms with Crippen LogP contribution < -0.4 is 0 Å². The van der Waals surface area contributed by atoms with Gasteiger partial charge in [-0.25, -0.2) is 31.8 Å². The molecule has 12 heteroatoms. The maximum atomic E-state index is 14.9. The van der Waals surface area contributed by atoms with Crippen LogP contribution in [0.1, 0.15) is 39.2 Å². The van der Waals surface area contributed by atoms with E-state index in [4.69, 9.17) is 14.2 Å². The Labute approximate surface area is 200 Å². The number of sulfonamides is 1. The number of methoxy groups -OCH3 is 1. The van der Waals surface area contributed by atoms with Gasteiger partial charge in [-0.1, -0.05) is 18.2 Å². The number of amides is 1. The molecule has 0 radical (unpaired) electrons. The predicted molar refractivity (Wildman–Crippen MR) is 124 cm³/mol. The molecule has 0 saturated carbocycles. The summed E-state index contributed by atoms with van der Waals surface area (Å²) in [5.74, 6) is -1.43. The summed E-state index contributed by atoms with van der Waals surface area (Å²) in [7, 11) is -1.29. The second kappa shape index (κ2) is 11.4. The van der Waals surface area contributed by atoms with Gasteiger partial charge in [-0.3, -0.25) is 0 Å². The summed E-state index contributed by atoms with van der Waals surface area (Å²) in [6, 6.07) is 5.75. The molecule has 0 bridgehead atoms. The van der Waals surface area contributed by atoms with E-state index in [9.17, 15) is 22.7 Å². The van der Waals surface area contributed by atoms with Gasteiger partial charge in [0.2, 0.25) is 16.0 Å². The number of benzene rings is 1. The van der Waals surface area contributed by atoms with Gasteiger partial charge in [0.15, 0.2) is 0 Å². The fourth-order valence-corrected chi connectivity index (χ4v) is 5.02. The molecule has 10 nitrogen and oxygen atoms in total. The fraction of sp³-hybridized carbons (Fsp3) is 0.636. The number of hydrogen-bond donors (Lipinski definition) is 1. The van der Waals surface area contributed by atoms with Crippen molar-refractivity contribution in [2.45, 2.75) is 44.8 Å². The molecule has 1 aromatic carbocycles. The highest BCUT2D eigenvalue weighted by Crippen LogP contribution is 2.38. The Morgan fingerprint density at radius 3 is 2.56 bits per heavy atom. The number of guanidine groups is 1. The summed E-state index contributed by atoms with van der Waals surface area (Å²) in [6.45, 7) is 4.77. The van der Waals surface area contributed by atoms with E-state index in [0.29, 0.717) is 0 Å². The molecule has 0 aromatic heterocycles. The van der Waals surface area contributed by atoms with Crippen molar-refractivity contribution in [1.29, 1.82) is 0 Å². The average Bonchev–Trinajstić information content (AvgIpc) is 2.74. The SMILES string of the molecule is COCCOCN(C(=O)OC(C)(C)C)C1=NC(CCCO)(c2ccccc2F)CS(=O)(=O)N1C. The van der Waals surface area contributed by atoms with Crippen molar-refractivity contribution in [1.82, 2.24) is 9.21 Å². The monoisotopic (exact) mass is 503 g/mol. The number of hydrogen-bond acceptors (Lipinski definition) is 8. The summed E-state index contributed by atoms with van der Waals surface area (Å²) in [6.07, 6.45) is -0.674. The summed E-state index contributed by atoms with van der Waals surface area (Å²) in [5, 5.41) is 9.45. The second-order valence-corrected chi connectivity index (χ2v) is 10.9. The standard InChI is InChI=1S/C22H34FN3O7S/c1-21(2,3)33-20(28)26(16-32-14-13-31-5)19-24-22(11-8-12-27,15-34(29,30)25(19)4)17-9-6-7-10-18(17)23/h6-7,9-10,27H,8,11-16H2,1-5H3. The molecule has 0 saturated heterocycles. The summed E-state index contributed by atoms with van der Waals surface area (Å²) < 4.78 is 58.2. The van der Waals surface area contributed by atoms with Crippen LogP contribution in [0.5, 0.6) is 0 Å². The van der Waals surface area contributed by atoms with E-state index in [-0.39, 0.29) is 50.9 Å². The van der Waals surface area contributed by atoms with E-state index in [1.165, 1.54) is 32.4 Å². The molecule has 1 aliphatic rings. The van der Waals surface area contributed by atoms with Crippen LogP contribution in [0, 0.1) is 5.82 Å². The third kappa shape index (κ3) is 6.87. The first-order valence-electron chi connectivity index (χ1n) is 10.9. The molecule has 34 heavy (non-hydrogen) atoms. The topological polar surface area (TPSA) is 118 Å². The van der Waals surface area contributed by atoms with Gasteiger partial charge in [0.05, 0.1) is 19.0 Å². The molecule has 2 rings (SSSR count). The highest BCUT2D eigenvalue weighted by molar-refractivity contribution is 7.89. The van der Waals surface area contributed by atoms with Crippen molar-refractivity contribution in [3.8, 4) is 0 Å². The van der Waals surface area contributed by atoms with Crippen LogP contribution in [0.4, 0.5) is 9.18 Å². The zero-order chi connectivity index (χ0) is 25.6. The number of rotatable bonds is 9.